The lowest BCUT2D eigenvalue weighted by molar-refractivity contribution is 0.110. The maximum absolute atomic E-state index is 12.2. The molecule has 0 aliphatic heterocycles. The predicted octanol–water partition coefficient (Wildman–Crippen LogP) is 2.59. The van der Waals surface area contributed by atoms with Gasteiger partial charge in [0.25, 0.3) is 6.43 Å². The lowest BCUT2D eigenvalue weighted by atomic mass is 10.2. The van der Waals surface area contributed by atoms with Crippen molar-refractivity contribution in [1.82, 2.24) is 4.98 Å². The van der Waals surface area contributed by atoms with E-state index in [2.05, 4.69) is 20.9 Å². The zero-order valence-electron chi connectivity index (χ0n) is 5.80. The fourth-order valence-electron chi connectivity index (χ4n) is 0.739. The molecule has 12 heavy (non-hydrogen) atoms. The Hall–Kier alpha value is -0.840. The van der Waals surface area contributed by atoms with Gasteiger partial charge < -0.3 is 0 Å². The first-order valence-electron chi connectivity index (χ1n) is 3.04. The Morgan fingerprint density at radius 1 is 1.58 bits per heavy atom. The molecule has 0 unspecified atom stereocenters. The second-order valence-electron chi connectivity index (χ2n) is 2.05. The summed E-state index contributed by atoms with van der Waals surface area (Å²) >= 11 is 2.98. The molecule has 0 aliphatic carbocycles. The molecular weight excluding hydrogens is 232 g/mol. The zero-order valence-corrected chi connectivity index (χ0v) is 7.38. The highest BCUT2D eigenvalue weighted by molar-refractivity contribution is 9.10. The Labute approximate surface area is 75.7 Å². The normalized spacial score (nSPS) is 10.3. The Morgan fingerprint density at radius 2 is 2.25 bits per heavy atom. The van der Waals surface area contributed by atoms with Crippen molar-refractivity contribution in [2.75, 3.05) is 0 Å². The summed E-state index contributed by atoms with van der Waals surface area (Å²) in [6.45, 7) is 0. The van der Waals surface area contributed by atoms with Crippen LogP contribution in [-0.2, 0) is 0 Å². The van der Waals surface area contributed by atoms with Gasteiger partial charge in [-0.3, -0.25) is 9.78 Å². The Morgan fingerprint density at radius 3 is 2.75 bits per heavy atom. The van der Waals surface area contributed by atoms with Crippen molar-refractivity contribution >= 4 is 22.2 Å². The summed E-state index contributed by atoms with van der Waals surface area (Å²) in [4.78, 5) is 13.8. The van der Waals surface area contributed by atoms with Crippen LogP contribution >= 0.6 is 15.9 Å². The molecule has 0 radical (unpaired) electrons. The number of hydrogen-bond acceptors (Lipinski definition) is 2. The summed E-state index contributed by atoms with van der Waals surface area (Å²) in [5, 5.41) is 0. The van der Waals surface area contributed by atoms with Gasteiger partial charge in [0.2, 0.25) is 0 Å². The fourth-order valence-corrected chi connectivity index (χ4v) is 1.09. The molecule has 1 rings (SSSR count). The standard InChI is InChI=1S/C7H4BrF2NO/c8-4-1-5(7(9)10)6(3-12)11-2-4/h1-3,7H. The SMILES string of the molecule is O=Cc1ncc(Br)cc1C(F)F. The van der Waals surface area contributed by atoms with Crippen LogP contribution < -0.4 is 0 Å². The highest BCUT2D eigenvalue weighted by atomic mass is 79.9. The van der Waals surface area contributed by atoms with Crippen molar-refractivity contribution in [2.45, 2.75) is 6.43 Å². The van der Waals surface area contributed by atoms with Gasteiger partial charge in [-0.15, -0.1) is 0 Å². The summed E-state index contributed by atoms with van der Waals surface area (Å²) in [6, 6.07) is 1.18. The van der Waals surface area contributed by atoms with Crippen molar-refractivity contribution in [3.05, 3.63) is 28.0 Å². The molecule has 0 aromatic carbocycles. The quantitative estimate of drug-likeness (QED) is 0.738. The Kier molecular flexibility index (Phi) is 2.86. The number of carbonyl (C=O) groups is 1. The van der Waals surface area contributed by atoms with E-state index in [4.69, 9.17) is 0 Å². The van der Waals surface area contributed by atoms with Crippen molar-refractivity contribution in [3.63, 3.8) is 0 Å². The number of carbonyl (C=O) groups excluding carboxylic acids is 1. The molecule has 0 fully saturated rings. The van der Waals surface area contributed by atoms with E-state index in [0.29, 0.717) is 10.8 Å². The number of nitrogens with zero attached hydrogens (tertiary/aromatic N) is 1. The number of aromatic nitrogens is 1. The second kappa shape index (κ2) is 3.71. The van der Waals surface area contributed by atoms with Crippen LogP contribution in [0.5, 0.6) is 0 Å². The van der Waals surface area contributed by atoms with Crippen LogP contribution in [0.1, 0.15) is 22.5 Å². The third-order valence-corrected chi connectivity index (χ3v) is 1.70. The highest BCUT2D eigenvalue weighted by Gasteiger charge is 2.13. The molecular formula is C7H4BrF2NO. The van der Waals surface area contributed by atoms with Gasteiger partial charge in [-0.25, -0.2) is 8.78 Å². The molecule has 2 nitrogen and oxygen atoms in total. The first-order valence-corrected chi connectivity index (χ1v) is 3.83. The lowest BCUT2D eigenvalue weighted by Gasteiger charge is -2.01. The van der Waals surface area contributed by atoms with Gasteiger partial charge >= 0.3 is 0 Å². The maximum atomic E-state index is 12.2. The van der Waals surface area contributed by atoms with Crippen molar-refractivity contribution in [1.29, 1.82) is 0 Å². The summed E-state index contributed by atoms with van der Waals surface area (Å²) < 4.78 is 24.8. The first-order chi connectivity index (χ1) is 5.65. The van der Waals surface area contributed by atoms with Gasteiger partial charge in [0, 0.05) is 16.2 Å². The van der Waals surface area contributed by atoms with Gasteiger partial charge in [0.15, 0.2) is 6.29 Å². The number of hydrogen-bond donors (Lipinski definition) is 0. The topological polar surface area (TPSA) is 30.0 Å². The fraction of sp³-hybridized carbons (Fsp3) is 0.143. The summed E-state index contributed by atoms with van der Waals surface area (Å²) in [6.07, 6.45) is -1.06. The van der Waals surface area contributed by atoms with E-state index in [1.807, 2.05) is 0 Å². The molecule has 0 saturated heterocycles. The van der Waals surface area contributed by atoms with Crippen LogP contribution in [0.25, 0.3) is 0 Å². The maximum Gasteiger partial charge on any atom is 0.266 e. The van der Waals surface area contributed by atoms with Crippen molar-refractivity contribution in [3.8, 4) is 0 Å². The summed E-state index contributed by atoms with van der Waals surface area (Å²) in [5.74, 6) is 0. The molecule has 64 valence electrons. The van der Waals surface area contributed by atoms with E-state index in [1.165, 1.54) is 12.3 Å². The summed E-state index contributed by atoms with van der Waals surface area (Å²) in [5.41, 5.74) is -0.562. The van der Waals surface area contributed by atoms with Crippen molar-refractivity contribution in [2.24, 2.45) is 0 Å². The van der Waals surface area contributed by atoms with Gasteiger partial charge in [-0.1, -0.05) is 0 Å². The van der Waals surface area contributed by atoms with Gasteiger partial charge in [-0.2, -0.15) is 0 Å². The first kappa shape index (κ1) is 9.25. The number of halogens is 3. The zero-order chi connectivity index (χ0) is 9.14. The van der Waals surface area contributed by atoms with Crippen LogP contribution in [0.4, 0.5) is 8.78 Å². The molecule has 0 N–H and O–H groups in total. The lowest BCUT2D eigenvalue weighted by Crippen LogP contribution is -1.96. The average Bonchev–Trinajstić information content (AvgIpc) is 2.04. The van der Waals surface area contributed by atoms with Gasteiger partial charge in [0.05, 0.1) is 0 Å². The number of alkyl halides is 2. The largest absolute Gasteiger partial charge is 0.296 e. The second-order valence-corrected chi connectivity index (χ2v) is 2.96. The number of aldehydes is 1. The van der Waals surface area contributed by atoms with E-state index in [-0.39, 0.29) is 11.3 Å². The third kappa shape index (κ3) is 1.85. The molecule has 0 spiro atoms. The third-order valence-electron chi connectivity index (χ3n) is 1.26. The minimum absolute atomic E-state index is 0.215. The van der Waals surface area contributed by atoms with Crippen LogP contribution in [-0.4, -0.2) is 11.3 Å². The van der Waals surface area contributed by atoms with E-state index in [9.17, 15) is 13.6 Å². The minimum atomic E-state index is -2.67. The van der Waals surface area contributed by atoms with Gasteiger partial charge in [0.1, 0.15) is 5.69 Å². The predicted molar refractivity (Wildman–Crippen MR) is 42.3 cm³/mol. The molecule has 1 heterocycles. The Bertz CT molecular complexity index is 303. The molecule has 5 heteroatoms. The smallest absolute Gasteiger partial charge is 0.266 e. The molecule has 1 aromatic heterocycles. The van der Waals surface area contributed by atoms with Crippen LogP contribution in [0.3, 0.4) is 0 Å². The molecule has 0 aliphatic rings. The molecule has 1 aromatic rings. The van der Waals surface area contributed by atoms with E-state index < -0.39 is 6.43 Å². The highest BCUT2D eigenvalue weighted by Crippen LogP contribution is 2.23. The van der Waals surface area contributed by atoms with Crippen LogP contribution in [0, 0.1) is 0 Å². The van der Waals surface area contributed by atoms with Crippen LogP contribution in [0.2, 0.25) is 0 Å². The van der Waals surface area contributed by atoms with E-state index in [0.717, 1.165) is 0 Å². The number of rotatable bonds is 2. The minimum Gasteiger partial charge on any atom is -0.296 e. The molecule has 0 atom stereocenters. The van der Waals surface area contributed by atoms with Crippen molar-refractivity contribution < 1.29 is 13.6 Å². The monoisotopic (exact) mass is 235 g/mol. The van der Waals surface area contributed by atoms with Gasteiger partial charge in [-0.05, 0) is 22.0 Å². The summed E-state index contributed by atoms with van der Waals surface area (Å²) in [7, 11) is 0. The molecule has 0 saturated carbocycles. The van der Waals surface area contributed by atoms with E-state index >= 15 is 0 Å². The molecule has 0 bridgehead atoms. The Balaban J connectivity index is 3.21. The van der Waals surface area contributed by atoms with E-state index in [1.54, 1.807) is 0 Å². The average molecular weight is 236 g/mol. The van der Waals surface area contributed by atoms with Crippen LogP contribution in [0.15, 0.2) is 16.7 Å². The number of pyridine rings is 1. The molecule has 0 amide bonds.